The molecule has 0 heterocycles. The Morgan fingerprint density at radius 2 is 1.82 bits per heavy atom. The summed E-state index contributed by atoms with van der Waals surface area (Å²) in [7, 11) is 0. The van der Waals surface area contributed by atoms with E-state index in [4.69, 9.17) is 4.74 Å². The van der Waals surface area contributed by atoms with E-state index in [0.29, 0.717) is 12.2 Å². The fraction of sp³-hybridized carbons (Fsp3) is 0.400. The van der Waals surface area contributed by atoms with E-state index < -0.39 is 0 Å². The van der Waals surface area contributed by atoms with Gasteiger partial charge in [0.1, 0.15) is 6.61 Å². The van der Waals surface area contributed by atoms with Crippen LogP contribution >= 0.6 is 0 Å². The van der Waals surface area contributed by atoms with E-state index in [0.717, 1.165) is 0 Å². The molecule has 0 N–H and O–H groups in total. The van der Waals surface area contributed by atoms with Crippen LogP contribution in [0.15, 0.2) is 42.0 Å². The number of carbonyl (C=O) groups is 1. The van der Waals surface area contributed by atoms with E-state index >= 15 is 0 Å². The van der Waals surface area contributed by atoms with Crippen molar-refractivity contribution in [3.05, 3.63) is 47.5 Å². The lowest BCUT2D eigenvalue weighted by molar-refractivity contribution is 0.0399. The van der Waals surface area contributed by atoms with Crippen LogP contribution in [0.4, 0.5) is 0 Å². The van der Waals surface area contributed by atoms with Crippen molar-refractivity contribution in [2.45, 2.75) is 27.7 Å². The summed E-state index contributed by atoms with van der Waals surface area (Å²) in [6.07, 6.45) is 2.12. The van der Waals surface area contributed by atoms with Gasteiger partial charge >= 0.3 is 5.97 Å². The van der Waals surface area contributed by atoms with E-state index in [2.05, 4.69) is 19.9 Å². The largest absolute Gasteiger partial charge is 0.461 e. The van der Waals surface area contributed by atoms with Gasteiger partial charge in [0.25, 0.3) is 0 Å². The van der Waals surface area contributed by atoms with Gasteiger partial charge in [-0.1, -0.05) is 43.7 Å². The monoisotopic (exact) mass is 232 g/mol. The minimum atomic E-state index is -0.263. The molecule has 2 heteroatoms. The lowest BCUT2D eigenvalue weighted by atomic mass is 9.92. The Hall–Kier alpha value is -1.57. The summed E-state index contributed by atoms with van der Waals surface area (Å²) < 4.78 is 5.31. The van der Waals surface area contributed by atoms with E-state index in [9.17, 15) is 4.79 Å². The van der Waals surface area contributed by atoms with E-state index in [-0.39, 0.29) is 11.4 Å². The highest BCUT2D eigenvalue weighted by molar-refractivity contribution is 5.89. The van der Waals surface area contributed by atoms with Crippen LogP contribution in [-0.2, 0) is 4.74 Å². The predicted molar refractivity (Wildman–Crippen MR) is 69.9 cm³/mol. The van der Waals surface area contributed by atoms with Gasteiger partial charge in [-0.3, -0.25) is 0 Å². The van der Waals surface area contributed by atoms with E-state index in [1.165, 1.54) is 5.57 Å². The van der Waals surface area contributed by atoms with Crippen molar-refractivity contribution in [2.75, 3.05) is 6.61 Å². The molecule has 0 amide bonds. The number of hydrogen-bond acceptors (Lipinski definition) is 2. The summed E-state index contributed by atoms with van der Waals surface area (Å²) in [6.45, 7) is 8.59. The SMILES string of the molecule is CC(C)=CC(C)(C)COC(=O)c1ccccc1. The number of esters is 1. The molecule has 0 bridgehead atoms. The first-order valence-corrected chi connectivity index (χ1v) is 5.79. The van der Waals surface area contributed by atoms with Gasteiger partial charge in [0.05, 0.1) is 5.56 Å². The van der Waals surface area contributed by atoms with E-state index in [1.54, 1.807) is 12.1 Å². The molecule has 0 aliphatic carbocycles. The zero-order valence-corrected chi connectivity index (χ0v) is 11.0. The molecular weight excluding hydrogens is 212 g/mol. The van der Waals surface area contributed by atoms with Gasteiger partial charge in [0.15, 0.2) is 0 Å². The Bertz CT molecular complexity index is 398. The van der Waals surface area contributed by atoms with Crippen LogP contribution < -0.4 is 0 Å². The van der Waals surface area contributed by atoms with Crippen LogP contribution in [0.2, 0.25) is 0 Å². The molecule has 0 unspecified atom stereocenters. The van der Waals surface area contributed by atoms with Crippen LogP contribution in [0.25, 0.3) is 0 Å². The normalized spacial score (nSPS) is 10.8. The third kappa shape index (κ3) is 4.85. The van der Waals surface area contributed by atoms with Crippen molar-refractivity contribution in [2.24, 2.45) is 5.41 Å². The summed E-state index contributed by atoms with van der Waals surface area (Å²) in [6, 6.07) is 9.06. The zero-order chi connectivity index (χ0) is 12.9. The van der Waals surface area contributed by atoms with Crippen molar-refractivity contribution >= 4 is 5.97 Å². The number of rotatable bonds is 4. The first-order valence-electron chi connectivity index (χ1n) is 5.79. The Kier molecular flexibility index (Phi) is 4.50. The third-order valence-electron chi connectivity index (χ3n) is 2.26. The van der Waals surface area contributed by atoms with Gasteiger partial charge in [0.2, 0.25) is 0 Å². The molecule has 0 spiro atoms. The van der Waals surface area contributed by atoms with E-state index in [1.807, 2.05) is 32.0 Å². The molecule has 0 fully saturated rings. The van der Waals surface area contributed by atoms with Crippen molar-refractivity contribution < 1.29 is 9.53 Å². The number of benzene rings is 1. The average Bonchev–Trinajstić information content (AvgIpc) is 2.25. The Labute approximate surface area is 103 Å². The average molecular weight is 232 g/mol. The molecule has 1 rings (SSSR count). The third-order valence-corrected chi connectivity index (χ3v) is 2.26. The van der Waals surface area contributed by atoms with Crippen LogP contribution in [0.1, 0.15) is 38.1 Å². The van der Waals surface area contributed by atoms with Gasteiger partial charge in [-0.2, -0.15) is 0 Å². The highest BCUT2D eigenvalue weighted by Gasteiger charge is 2.17. The number of allylic oxidation sites excluding steroid dienone is 1. The summed E-state index contributed by atoms with van der Waals surface area (Å²) in [5, 5.41) is 0. The summed E-state index contributed by atoms with van der Waals surface area (Å²) in [5.41, 5.74) is 1.70. The number of hydrogen-bond donors (Lipinski definition) is 0. The zero-order valence-electron chi connectivity index (χ0n) is 11.0. The molecule has 0 atom stereocenters. The fourth-order valence-electron chi connectivity index (χ4n) is 1.73. The van der Waals surface area contributed by atoms with Gasteiger partial charge in [-0.25, -0.2) is 4.79 Å². The number of ether oxygens (including phenoxy) is 1. The van der Waals surface area contributed by atoms with Crippen molar-refractivity contribution in [1.82, 2.24) is 0 Å². The minimum absolute atomic E-state index is 0.122. The molecule has 92 valence electrons. The second kappa shape index (κ2) is 5.67. The maximum Gasteiger partial charge on any atom is 0.338 e. The molecule has 0 aromatic heterocycles. The van der Waals surface area contributed by atoms with Crippen molar-refractivity contribution in [3.63, 3.8) is 0 Å². The van der Waals surface area contributed by atoms with Gasteiger partial charge in [0, 0.05) is 5.41 Å². The van der Waals surface area contributed by atoms with Gasteiger partial charge in [-0.15, -0.1) is 0 Å². The van der Waals surface area contributed by atoms with Crippen molar-refractivity contribution in [1.29, 1.82) is 0 Å². The van der Waals surface area contributed by atoms with Gasteiger partial charge < -0.3 is 4.74 Å². The molecule has 0 radical (unpaired) electrons. The molecule has 17 heavy (non-hydrogen) atoms. The first-order chi connectivity index (χ1) is 7.91. The standard InChI is InChI=1S/C15H20O2/c1-12(2)10-15(3,4)11-17-14(16)13-8-6-5-7-9-13/h5-10H,11H2,1-4H3. The smallest absolute Gasteiger partial charge is 0.338 e. The summed E-state index contributed by atoms with van der Waals surface area (Å²) in [4.78, 5) is 11.7. The number of carbonyl (C=O) groups excluding carboxylic acids is 1. The molecular formula is C15H20O2. The molecule has 0 aliphatic rings. The minimum Gasteiger partial charge on any atom is -0.461 e. The van der Waals surface area contributed by atoms with Crippen LogP contribution in [0.5, 0.6) is 0 Å². The highest BCUT2D eigenvalue weighted by atomic mass is 16.5. The molecule has 2 nitrogen and oxygen atoms in total. The topological polar surface area (TPSA) is 26.3 Å². The second-order valence-corrected chi connectivity index (χ2v) is 5.15. The fourth-order valence-corrected chi connectivity index (χ4v) is 1.73. The second-order valence-electron chi connectivity index (χ2n) is 5.15. The van der Waals surface area contributed by atoms with Crippen LogP contribution in [0, 0.1) is 5.41 Å². The maximum absolute atomic E-state index is 11.7. The first kappa shape index (κ1) is 13.5. The highest BCUT2D eigenvalue weighted by Crippen LogP contribution is 2.20. The molecule has 1 aromatic carbocycles. The maximum atomic E-state index is 11.7. The van der Waals surface area contributed by atoms with Crippen LogP contribution in [0.3, 0.4) is 0 Å². The Morgan fingerprint density at radius 1 is 1.24 bits per heavy atom. The Morgan fingerprint density at radius 3 is 2.35 bits per heavy atom. The lowest BCUT2D eigenvalue weighted by Gasteiger charge is -2.20. The summed E-state index contributed by atoms with van der Waals surface area (Å²) >= 11 is 0. The van der Waals surface area contributed by atoms with Crippen molar-refractivity contribution in [3.8, 4) is 0 Å². The molecule has 0 aliphatic heterocycles. The summed E-state index contributed by atoms with van der Waals surface area (Å²) in [5.74, 6) is -0.263. The quantitative estimate of drug-likeness (QED) is 0.582. The molecule has 0 saturated carbocycles. The molecule has 1 aromatic rings. The Balaban J connectivity index is 2.58. The molecule has 0 saturated heterocycles. The predicted octanol–water partition coefficient (Wildman–Crippen LogP) is 3.84. The van der Waals surface area contributed by atoms with Crippen LogP contribution in [-0.4, -0.2) is 12.6 Å². The van der Waals surface area contributed by atoms with Gasteiger partial charge in [-0.05, 0) is 26.0 Å². The lowest BCUT2D eigenvalue weighted by Crippen LogP contribution is -2.20.